The van der Waals surface area contributed by atoms with Crippen molar-refractivity contribution < 1.29 is 28.6 Å². The fourth-order valence-corrected chi connectivity index (χ4v) is 12.1. The zero-order chi connectivity index (χ0) is 13.6. The minimum Gasteiger partial charge on any atom is -1.00 e. The molecule has 0 saturated heterocycles. The van der Waals surface area contributed by atoms with Crippen molar-refractivity contribution in [2.75, 3.05) is 6.16 Å². The summed E-state index contributed by atoms with van der Waals surface area (Å²) in [6.07, 6.45) is 15.3. The molecule has 1 aromatic carbocycles. The molecule has 0 bridgehead atoms. The molecule has 2 unspecified atom stereocenters. The average molecular weight is 352 g/mol. The molecule has 4 heteroatoms. The summed E-state index contributed by atoms with van der Waals surface area (Å²) in [5.41, 5.74) is 3.15. The number of benzene rings is 1. The molecule has 1 aromatic rings. The SMILES string of the molecule is CCCCP1C2=[C](CC=C2)[Ti+2][C]12C=Cc1ccccc12.[F-].[F-]. The van der Waals surface area contributed by atoms with Crippen molar-refractivity contribution >= 4 is 14.0 Å². The first-order valence-electron chi connectivity index (χ1n) is 7.59. The van der Waals surface area contributed by atoms with E-state index in [0.717, 1.165) is 0 Å². The van der Waals surface area contributed by atoms with Crippen LogP contribution in [0, 0.1) is 0 Å². The fourth-order valence-electron chi connectivity index (χ4n) is 3.60. The number of allylic oxidation sites excluding steroid dienone is 5. The first-order valence-corrected chi connectivity index (χ1v) is 10.7. The molecule has 0 radical (unpaired) electrons. The van der Waals surface area contributed by atoms with E-state index in [1.54, 1.807) is 10.9 Å². The van der Waals surface area contributed by atoms with Gasteiger partial charge in [0.25, 0.3) is 0 Å². The number of unbranched alkanes of at least 4 members (excludes halogenated alkanes) is 1. The summed E-state index contributed by atoms with van der Waals surface area (Å²) in [5.74, 6) is 0. The Bertz CT molecular complexity index is 650. The van der Waals surface area contributed by atoms with E-state index in [9.17, 15) is 0 Å². The van der Waals surface area contributed by atoms with Gasteiger partial charge in [-0.1, -0.05) is 0 Å². The molecule has 0 nitrogen and oxygen atoms in total. The number of hydrogen-bond acceptors (Lipinski definition) is 0. The van der Waals surface area contributed by atoms with Gasteiger partial charge < -0.3 is 9.41 Å². The van der Waals surface area contributed by atoms with Crippen LogP contribution in [0.4, 0.5) is 0 Å². The van der Waals surface area contributed by atoms with E-state index in [1.807, 2.05) is 3.88 Å². The molecule has 3 aliphatic rings. The van der Waals surface area contributed by atoms with E-state index in [4.69, 9.17) is 0 Å². The third-order valence-corrected chi connectivity index (χ3v) is 12.1. The van der Waals surface area contributed by atoms with Crippen LogP contribution in [0.5, 0.6) is 0 Å². The van der Waals surface area contributed by atoms with Crippen molar-refractivity contribution in [1.29, 1.82) is 0 Å². The number of fused-ring (bicyclic) bond motifs is 2. The van der Waals surface area contributed by atoms with Crippen LogP contribution in [0.3, 0.4) is 0 Å². The predicted molar refractivity (Wildman–Crippen MR) is 84.6 cm³/mol. The van der Waals surface area contributed by atoms with Gasteiger partial charge in [-0.3, -0.25) is 0 Å². The minimum absolute atomic E-state index is 0. The third-order valence-electron chi connectivity index (χ3n) is 4.58. The number of halogens is 2. The maximum atomic E-state index is 2.60. The Morgan fingerprint density at radius 3 is 2.82 bits per heavy atom. The first-order chi connectivity index (χ1) is 9.85. The molecular formula is C18H19F2PTi. The van der Waals surface area contributed by atoms with Crippen LogP contribution >= 0.6 is 7.92 Å². The second-order valence-corrected chi connectivity index (χ2v) is 11.5. The Kier molecular flexibility index (Phi) is 5.59. The normalized spacial score (nSPS) is 26.1. The van der Waals surface area contributed by atoms with Crippen molar-refractivity contribution in [3.8, 4) is 0 Å². The van der Waals surface area contributed by atoms with Crippen molar-refractivity contribution in [2.24, 2.45) is 0 Å². The summed E-state index contributed by atoms with van der Waals surface area (Å²) >= 11 is -0.0372. The van der Waals surface area contributed by atoms with E-state index in [2.05, 4.69) is 55.5 Å². The molecule has 0 N–H and O–H groups in total. The Balaban J connectivity index is 0.000000882. The van der Waals surface area contributed by atoms with Gasteiger partial charge in [-0.05, 0) is 0 Å². The van der Waals surface area contributed by atoms with Crippen LogP contribution in [0.25, 0.3) is 6.08 Å². The van der Waals surface area contributed by atoms with Gasteiger partial charge in [0.1, 0.15) is 0 Å². The van der Waals surface area contributed by atoms with Crippen molar-refractivity contribution in [3.05, 3.63) is 62.8 Å². The van der Waals surface area contributed by atoms with Gasteiger partial charge in [0.2, 0.25) is 0 Å². The molecule has 1 spiro atoms. The molecule has 0 aromatic heterocycles. The largest absolute Gasteiger partial charge is 1.00 e. The van der Waals surface area contributed by atoms with Gasteiger partial charge in [0, 0.05) is 0 Å². The van der Waals surface area contributed by atoms with Crippen LogP contribution in [-0.4, -0.2) is 6.16 Å². The van der Waals surface area contributed by atoms with Crippen LogP contribution in [0.2, 0.25) is 0 Å². The Morgan fingerprint density at radius 1 is 1.18 bits per heavy atom. The topological polar surface area (TPSA) is 0 Å². The molecule has 114 valence electrons. The molecule has 2 aliphatic carbocycles. The summed E-state index contributed by atoms with van der Waals surface area (Å²) in [6, 6.07) is 9.14. The summed E-state index contributed by atoms with van der Waals surface area (Å²) in [4.78, 5) is 0. The van der Waals surface area contributed by atoms with E-state index in [0.29, 0.717) is 3.46 Å². The van der Waals surface area contributed by atoms with E-state index in [-0.39, 0.29) is 36.5 Å². The zero-order valence-electron chi connectivity index (χ0n) is 12.7. The van der Waals surface area contributed by atoms with Gasteiger partial charge >= 0.3 is 132 Å². The van der Waals surface area contributed by atoms with Crippen LogP contribution in [0.15, 0.2) is 51.7 Å². The molecule has 4 rings (SSSR count). The maximum Gasteiger partial charge on any atom is -1.00 e. The first kappa shape index (κ1) is 17.8. The van der Waals surface area contributed by atoms with Crippen molar-refractivity contribution in [1.82, 2.24) is 0 Å². The van der Waals surface area contributed by atoms with Gasteiger partial charge in [0.15, 0.2) is 0 Å². The molecule has 1 aliphatic heterocycles. The quantitative estimate of drug-likeness (QED) is 0.505. The molecule has 22 heavy (non-hydrogen) atoms. The minimum atomic E-state index is -0.0372. The van der Waals surface area contributed by atoms with Crippen LogP contribution in [0.1, 0.15) is 37.3 Å². The maximum absolute atomic E-state index is 2.60. The summed E-state index contributed by atoms with van der Waals surface area (Å²) in [7, 11) is -0.00180. The smallest absolute Gasteiger partial charge is 1.00 e. The van der Waals surface area contributed by atoms with Gasteiger partial charge in [-0.15, -0.1) is 0 Å². The second-order valence-electron chi connectivity index (χ2n) is 5.79. The molecule has 0 amide bonds. The Labute approximate surface area is 141 Å². The Morgan fingerprint density at radius 2 is 2.00 bits per heavy atom. The molecule has 2 atom stereocenters. The van der Waals surface area contributed by atoms with Crippen molar-refractivity contribution in [3.63, 3.8) is 0 Å². The number of hydrogen-bond donors (Lipinski definition) is 0. The fraction of sp³-hybridized carbons (Fsp3) is 0.333. The van der Waals surface area contributed by atoms with Crippen LogP contribution < -0.4 is 9.41 Å². The summed E-state index contributed by atoms with van der Waals surface area (Å²) in [6.45, 7) is 2.33. The average Bonchev–Trinajstić information content (AvgIpc) is 3.13. The molecule has 0 fully saturated rings. The van der Waals surface area contributed by atoms with Gasteiger partial charge in [-0.2, -0.15) is 0 Å². The number of rotatable bonds is 3. The summed E-state index contributed by atoms with van der Waals surface area (Å²) in [5, 5.41) is 1.79. The van der Waals surface area contributed by atoms with Crippen molar-refractivity contribution in [2.45, 2.75) is 29.6 Å². The van der Waals surface area contributed by atoms with E-state index < -0.39 is 0 Å². The standard InChI is InChI=1S/C18H19P.2FH.Ti/c1-2-3-14-19(16-9-5-6-10-16)18-13-12-15-8-4-7-11-17(15)18;;;/h4-5,7-9,11-13H,2-3,6,14H2,1H3;2*1H;/q;;;+2/p-2. The van der Waals surface area contributed by atoms with E-state index in [1.165, 1.54) is 31.0 Å². The van der Waals surface area contributed by atoms with Gasteiger partial charge in [0.05, 0.1) is 0 Å². The van der Waals surface area contributed by atoms with E-state index >= 15 is 0 Å². The van der Waals surface area contributed by atoms with Crippen LogP contribution in [-0.2, 0) is 22.6 Å². The molecule has 0 saturated carbocycles. The monoisotopic (exact) mass is 352 g/mol. The zero-order valence-corrected chi connectivity index (χ0v) is 15.1. The Hall–Kier alpha value is -0.556. The second kappa shape index (κ2) is 6.91. The summed E-state index contributed by atoms with van der Waals surface area (Å²) < 4.78 is 2.32. The van der Waals surface area contributed by atoms with Gasteiger partial charge in [-0.25, -0.2) is 0 Å². The third kappa shape index (κ3) is 2.50. The predicted octanol–water partition coefficient (Wildman–Crippen LogP) is -0.576. The molecular weight excluding hydrogens is 333 g/mol. The molecule has 1 heterocycles.